The van der Waals surface area contributed by atoms with E-state index in [9.17, 15) is 4.39 Å². The van der Waals surface area contributed by atoms with Crippen LogP contribution in [0.5, 0.6) is 5.75 Å². The van der Waals surface area contributed by atoms with Crippen molar-refractivity contribution in [2.45, 2.75) is 13.5 Å². The van der Waals surface area contributed by atoms with Crippen LogP contribution in [0.4, 0.5) is 15.8 Å². The van der Waals surface area contributed by atoms with Gasteiger partial charge < -0.3 is 15.4 Å². The lowest BCUT2D eigenvalue weighted by molar-refractivity contribution is 0.414. The minimum absolute atomic E-state index is 0.226. The van der Waals surface area contributed by atoms with Crippen LogP contribution in [0.3, 0.4) is 0 Å². The van der Waals surface area contributed by atoms with Gasteiger partial charge in [0.1, 0.15) is 11.6 Å². The second-order valence-electron chi connectivity index (χ2n) is 4.61. The highest BCUT2D eigenvalue weighted by atomic mass is 19.1. The number of ether oxygens (including phenoxy) is 1. The average molecular weight is 274 g/mol. The fraction of sp³-hybridized carbons (Fsp3) is 0.250. The van der Waals surface area contributed by atoms with Gasteiger partial charge in [-0.25, -0.2) is 4.39 Å². The first kappa shape index (κ1) is 14.2. The van der Waals surface area contributed by atoms with Gasteiger partial charge in [-0.2, -0.15) is 0 Å². The summed E-state index contributed by atoms with van der Waals surface area (Å²) < 4.78 is 18.2. The molecule has 0 amide bonds. The Balaban J connectivity index is 2.21. The van der Waals surface area contributed by atoms with Crippen LogP contribution in [0.15, 0.2) is 42.5 Å². The molecule has 3 nitrogen and oxygen atoms in total. The van der Waals surface area contributed by atoms with E-state index in [-0.39, 0.29) is 5.82 Å². The normalized spacial score (nSPS) is 10.3. The lowest BCUT2D eigenvalue weighted by Gasteiger charge is -2.23. The molecule has 0 radical (unpaired) electrons. The van der Waals surface area contributed by atoms with E-state index in [0.29, 0.717) is 12.2 Å². The summed E-state index contributed by atoms with van der Waals surface area (Å²) in [5.41, 5.74) is 8.58. The van der Waals surface area contributed by atoms with Gasteiger partial charge in [0, 0.05) is 30.5 Å². The van der Waals surface area contributed by atoms with E-state index in [1.807, 2.05) is 12.1 Å². The summed E-state index contributed by atoms with van der Waals surface area (Å²) in [4.78, 5) is 2.15. The number of nitrogen functional groups attached to an aromatic ring is 1. The van der Waals surface area contributed by atoms with Crippen molar-refractivity contribution in [1.82, 2.24) is 0 Å². The Bertz CT molecular complexity index is 569. The molecule has 0 fully saturated rings. The number of hydrogen-bond donors (Lipinski definition) is 1. The Kier molecular flexibility index (Phi) is 4.45. The van der Waals surface area contributed by atoms with Crippen molar-refractivity contribution in [1.29, 1.82) is 0 Å². The molecule has 2 N–H and O–H groups in total. The molecule has 0 atom stereocenters. The molecule has 0 aliphatic carbocycles. The number of nitrogens with two attached hydrogens (primary N) is 1. The molecule has 0 saturated heterocycles. The Morgan fingerprint density at radius 1 is 1.15 bits per heavy atom. The first-order valence-corrected chi connectivity index (χ1v) is 6.56. The van der Waals surface area contributed by atoms with Gasteiger partial charge in [-0.3, -0.25) is 0 Å². The fourth-order valence-corrected chi connectivity index (χ4v) is 2.15. The van der Waals surface area contributed by atoms with Crippen molar-refractivity contribution in [3.63, 3.8) is 0 Å². The summed E-state index contributed by atoms with van der Waals surface area (Å²) in [6.45, 7) is 3.58. The third-order valence-corrected chi connectivity index (χ3v) is 3.17. The highest BCUT2D eigenvalue weighted by Gasteiger charge is 2.07. The van der Waals surface area contributed by atoms with E-state index in [2.05, 4.69) is 11.8 Å². The van der Waals surface area contributed by atoms with E-state index in [1.165, 1.54) is 12.1 Å². The Labute approximate surface area is 118 Å². The Morgan fingerprint density at radius 3 is 2.45 bits per heavy atom. The van der Waals surface area contributed by atoms with Crippen LogP contribution in [-0.4, -0.2) is 13.7 Å². The first-order valence-electron chi connectivity index (χ1n) is 6.56. The van der Waals surface area contributed by atoms with E-state index in [4.69, 9.17) is 10.5 Å². The maximum atomic E-state index is 13.0. The summed E-state index contributed by atoms with van der Waals surface area (Å²) >= 11 is 0. The molecule has 0 spiro atoms. The lowest BCUT2D eigenvalue weighted by atomic mass is 10.1. The summed E-state index contributed by atoms with van der Waals surface area (Å²) in [6.07, 6.45) is 0. The largest absolute Gasteiger partial charge is 0.497 e. The van der Waals surface area contributed by atoms with Crippen LogP contribution in [-0.2, 0) is 6.54 Å². The Hall–Kier alpha value is -2.23. The first-order chi connectivity index (χ1) is 9.62. The van der Waals surface area contributed by atoms with Gasteiger partial charge in [-0.15, -0.1) is 0 Å². The van der Waals surface area contributed by atoms with E-state index in [1.54, 1.807) is 25.3 Å². The topological polar surface area (TPSA) is 38.5 Å². The standard InChI is InChI=1S/C16H19FN2O/c1-3-19(15-6-4-13(17)5-7-15)11-12-8-14(18)10-16(9-12)20-2/h4-10H,3,11,18H2,1-2H3. The molecule has 0 saturated carbocycles. The zero-order chi connectivity index (χ0) is 14.5. The van der Waals surface area contributed by atoms with Crippen molar-refractivity contribution in [3.05, 3.63) is 53.8 Å². The molecule has 2 rings (SSSR count). The van der Waals surface area contributed by atoms with Crippen molar-refractivity contribution in [3.8, 4) is 5.75 Å². The second-order valence-corrected chi connectivity index (χ2v) is 4.61. The maximum Gasteiger partial charge on any atom is 0.123 e. The van der Waals surface area contributed by atoms with Crippen LogP contribution < -0.4 is 15.4 Å². The maximum absolute atomic E-state index is 13.0. The van der Waals surface area contributed by atoms with Gasteiger partial charge in [0.2, 0.25) is 0 Å². The highest BCUT2D eigenvalue weighted by molar-refractivity contribution is 5.51. The number of methoxy groups -OCH3 is 1. The van der Waals surface area contributed by atoms with Gasteiger partial charge in [-0.05, 0) is 48.9 Å². The molecule has 20 heavy (non-hydrogen) atoms. The average Bonchev–Trinajstić information content (AvgIpc) is 2.45. The van der Waals surface area contributed by atoms with E-state index >= 15 is 0 Å². The quantitative estimate of drug-likeness (QED) is 0.849. The van der Waals surface area contributed by atoms with Gasteiger partial charge in [-0.1, -0.05) is 0 Å². The van der Waals surface area contributed by atoms with Crippen LogP contribution in [0.2, 0.25) is 0 Å². The summed E-state index contributed by atoms with van der Waals surface area (Å²) in [5.74, 6) is 0.519. The molecule has 2 aromatic carbocycles. The number of hydrogen-bond acceptors (Lipinski definition) is 3. The minimum Gasteiger partial charge on any atom is -0.497 e. The molecule has 0 aliphatic heterocycles. The molecule has 0 aliphatic rings. The van der Waals surface area contributed by atoms with Gasteiger partial charge in [0.15, 0.2) is 0 Å². The van der Waals surface area contributed by atoms with Crippen LogP contribution in [0.1, 0.15) is 12.5 Å². The monoisotopic (exact) mass is 274 g/mol. The molecular weight excluding hydrogens is 255 g/mol. The van der Waals surface area contributed by atoms with Crippen LogP contribution in [0.25, 0.3) is 0 Å². The lowest BCUT2D eigenvalue weighted by Crippen LogP contribution is -2.22. The minimum atomic E-state index is -0.226. The van der Waals surface area contributed by atoms with Crippen molar-refractivity contribution in [2.24, 2.45) is 0 Å². The van der Waals surface area contributed by atoms with E-state index in [0.717, 1.165) is 23.5 Å². The number of benzene rings is 2. The van der Waals surface area contributed by atoms with Crippen LogP contribution in [0, 0.1) is 5.82 Å². The smallest absolute Gasteiger partial charge is 0.123 e. The summed E-state index contributed by atoms with van der Waals surface area (Å²) in [6, 6.07) is 12.2. The predicted molar refractivity (Wildman–Crippen MR) is 80.5 cm³/mol. The molecule has 2 aromatic rings. The van der Waals surface area contributed by atoms with E-state index < -0.39 is 0 Å². The predicted octanol–water partition coefficient (Wildman–Crippen LogP) is 3.44. The highest BCUT2D eigenvalue weighted by Crippen LogP contribution is 2.22. The van der Waals surface area contributed by atoms with Crippen molar-refractivity contribution < 1.29 is 9.13 Å². The number of anilines is 2. The molecular formula is C16H19FN2O. The molecule has 0 heterocycles. The van der Waals surface area contributed by atoms with Crippen molar-refractivity contribution >= 4 is 11.4 Å². The van der Waals surface area contributed by atoms with Crippen molar-refractivity contribution in [2.75, 3.05) is 24.3 Å². The SMILES string of the molecule is CCN(Cc1cc(N)cc(OC)c1)c1ccc(F)cc1. The fourth-order valence-electron chi connectivity index (χ4n) is 2.15. The summed E-state index contributed by atoms with van der Waals surface area (Å²) in [5, 5.41) is 0. The Morgan fingerprint density at radius 2 is 1.85 bits per heavy atom. The third-order valence-electron chi connectivity index (χ3n) is 3.17. The zero-order valence-corrected chi connectivity index (χ0v) is 11.8. The zero-order valence-electron chi connectivity index (χ0n) is 11.8. The molecule has 0 bridgehead atoms. The van der Waals surface area contributed by atoms with Crippen LogP contribution >= 0.6 is 0 Å². The number of rotatable bonds is 5. The molecule has 0 aromatic heterocycles. The third kappa shape index (κ3) is 3.41. The van der Waals surface area contributed by atoms with Gasteiger partial charge in [0.05, 0.1) is 7.11 Å². The van der Waals surface area contributed by atoms with Gasteiger partial charge >= 0.3 is 0 Å². The van der Waals surface area contributed by atoms with Gasteiger partial charge in [0.25, 0.3) is 0 Å². The number of halogens is 1. The molecule has 106 valence electrons. The molecule has 0 unspecified atom stereocenters. The molecule has 4 heteroatoms. The summed E-state index contributed by atoms with van der Waals surface area (Å²) in [7, 11) is 1.62. The second kappa shape index (κ2) is 6.28. The number of nitrogens with zero attached hydrogens (tertiary/aromatic N) is 1.